The van der Waals surface area contributed by atoms with Gasteiger partial charge in [-0.2, -0.15) is 13.5 Å². The lowest BCUT2D eigenvalue weighted by Crippen LogP contribution is -2.31. The van der Waals surface area contributed by atoms with Gasteiger partial charge in [0.05, 0.1) is 11.9 Å². The number of nitrogens with two attached hydrogens (primary N) is 1. The first kappa shape index (κ1) is 12.4. The van der Waals surface area contributed by atoms with E-state index in [2.05, 4.69) is 10.2 Å². The van der Waals surface area contributed by atoms with Crippen LogP contribution in [0.3, 0.4) is 0 Å². The Hall–Kier alpha value is -2.02. The summed E-state index contributed by atoms with van der Waals surface area (Å²) >= 11 is 0. The van der Waals surface area contributed by atoms with Crippen LogP contribution >= 0.6 is 0 Å². The maximum absolute atomic E-state index is 12.4. The fourth-order valence-corrected chi connectivity index (χ4v) is 3.05. The van der Waals surface area contributed by atoms with Crippen molar-refractivity contribution in [2.24, 2.45) is 0 Å². The SMILES string of the molecule is CCN(c1cccc(N)c1)S(=O)(=O)c1ccn[nH]1. The van der Waals surface area contributed by atoms with Crippen molar-refractivity contribution in [3.05, 3.63) is 36.5 Å². The minimum Gasteiger partial charge on any atom is -0.399 e. The molecule has 0 saturated heterocycles. The van der Waals surface area contributed by atoms with Gasteiger partial charge in [-0.3, -0.25) is 9.40 Å². The van der Waals surface area contributed by atoms with Gasteiger partial charge in [-0.1, -0.05) is 6.07 Å². The smallest absolute Gasteiger partial charge is 0.281 e. The second-order valence-electron chi connectivity index (χ2n) is 3.69. The Morgan fingerprint density at radius 2 is 2.17 bits per heavy atom. The monoisotopic (exact) mass is 266 g/mol. The predicted octanol–water partition coefficient (Wildman–Crippen LogP) is 1.21. The summed E-state index contributed by atoms with van der Waals surface area (Å²) in [5, 5.41) is 6.19. The molecule has 0 bridgehead atoms. The highest BCUT2D eigenvalue weighted by Gasteiger charge is 2.24. The molecule has 1 heterocycles. The van der Waals surface area contributed by atoms with E-state index >= 15 is 0 Å². The van der Waals surface area contributed by atoms with Crippen LogP contribution in [-0.4, -0.2) is 25.2 Å². The Morgan fingerprint density at radius 3 is 2.72 bits per heavy atom. The Labute approximate surface area is 105 Å². The van der Waals surface area contributed by atoms with Crippen molar-refractivity contribution in [2.75, 3.05) is 16.6 Å². The standard InChI is InChI=1S/C11H14N4O2S/c1-2-15(10-5-3-4-9(12)8-10)18(16,17)11-6-7-13-14-11/h3-8H,2,12H2,1H3,(H,13,14). The molecule has 18 heavy (non-hydrogen) atoms. The molecular weight excluding hydrogens is 252 g/mol. The minimum atomic E-state index is -3.62. The van der Waals surface area contributed by atoms with Crippen molar-refractivity contribution < 1.29 is 8.42 Å². The van der Waals surface area contributed by atoms with E-state index < -0.39 is 10.0 Å². The number of hydrogen-bond acceptors (Lipinski definition) is 4. The lowest BCUT2D eigenvalue weighted by molar-refractivity contribution is 0.587. The summed E-state index contributed by atoms with van der Waals surface area (Å²) < 4.78 is 26.0. The Bertz CT molecular complexity index is 622. The van der Waals surface area contributed by atoms with Crippen LogP contribution in [0.5, 0.6) is 0 Å². The van der Waals surface area contributed by atoms with E-state index in [1.807, 2.05) is 0 Å². The average Bonchev–Trinajstić information content (AvgIpc) is 2.83. The number of nitrogen functional groups attached to an aromatic ring is 1. The molecule has 0 unspecified atom stereocenters. The van der Waals surface area contributed by atoms with Gasteiger partial charge in [-0.15, -0.1) is 0 Å². The molecule has 0 aliphatic heterocycles. The van der Waals surface area contributed by atoms with Crippen molar-refractivity contribution >= 4 is 21.4 Å². The zero-order valence-electron chi connectivity index (χ0n) is 9.87. The first-order valence-corrected chi connectivity index (χ1v) is 6.87. The largest absolute Gasteiger partial charge is 0.399 e. The quantitative estimate of drug-likeness (QED) is 0.813. The van der Waals surface area contributed by atoms with Crippen LogP contribution in [0.4, 0.5) is 11.4 Å². The Morgan fingerprint density at radius 1 is 1.39 bits per heavy atom. The molecule has 0 atom stereocenters. The maximum Gasteiger partial charge on any atom is 0.281 e. The van der Waals surface area contributed by atoms with Crippen LogP contribution in [0, 0.1) is 0 Å². The summed E-state index contributed by atoms with van der Waals surface area (Å²) in [5.41, 5.74) is 6.72. The summed E-state index contributed by atoms with van der Waals surface area (Å²) in [4.78, 5) is 0. The maximum atomic E-state index is 12.4. The van der Waals surface area contributed by atoms with Gasteiger partial charge < -0.3 is 5.73 Å². The van der Waals surface area contributed by atoms with Gasteiger partial charge in [0.15, 0.2) is 5.03 Å². The van der Waals surface area contributed by atoms with Crippen molar-refractivity contribution in [1.82, 2.24) is 10.2 Å². The van der Waals surface area contributed by atoms with E-state index in [1.54, 1.807) is 31.2 Å². The minimum absolute atomic E-state index is 0.0618. The average molecular weight is 266 g/mol. The number of nitrogens with zero attached hydrogens (tertiary/aromatic N) is 2. The zero-order chi connectivity index (χ0) is 13.2. The van der Waals surface area contributed by atoms with Gasteiger partial charge in [0.1, 0.15) is 0 Å². The van der Waals surface area contributed by atoms with E-state index in [4.69, 9.17) is 5.73 Å². The van der Waals surface area contributed by atoms with Crippen LogP contribution in [0.15, 0.2) is 41.6 Å². The topological polar surface area (TPSA) is 92.1 Å². The van der Waals surface area contributed by atoms with Gasteiger partial charge in [-0.25, -0.2) is 0 Å². The van der Waals surface area contributed by atoms with E-state index in [-0.39, 0.29) is 5.03 Å². The van der Waals surface area contributed by atoms with Gasteiger partial charge in [0.2, 0.25) is 0 Å². The Balaban J connectivity index is 2.47. The molecule has 0 aliphatic carbocycles. The third kappa shape index (κ3) is 2.17. The number of nitrogens with one attached hydrogen (secondary N) is 1. The molecule has 1 aromatic carbocycles. The van der Waals surface area contributed by atoms with E-state index in [0.29, 0.717) is 17.9 Å². The second-order valence-corrected chi connectivity index (χ2v) is 5.52. The summed E-state index contributed by atoms with van der Waals surface area (Å²) in [6.45, 7) is 2.07. The highest BCUT2D eigenvalue weighted by molar-refractivity contribution is 7.92. The van der Waals surface area contributed by atoms with E-state index in [0.717, 1.165) is 0 Å². The fraction of sp³-hybridized carbons (Fsp3) is 0.182. The number of aromatic amines is 1. The van der Waals surface area contributed by atoms with E-state index in [1.165, 1.54) is 16.6 Å². The number of aromatic nitrogens is 2. The van der Waals surface area contributed by atoms with Crippen molar-refractivity contribution in [2.45, 2.75) is 11.9 Å². The van der Waals surface area contributed by atoms with Crippen LogP contribution < -0.4 is 10.0 Å². The predicted molar refractivity (Wildman–Crippen MR) is 69.6 cm³/mol. The number of sulfonamides is 1. The first-order valence-electron chi connectivity index (χ1n) is 5.43. The van der Waals surface area contributed by atoms with Crippen LogP contribution in [0.25, 0.3) is 0 Å². The van der Waals surface area contributed by atoms with Crippen LogP contribution in [-0.2, 0) is 10.0 Å². The van der Waals surface area contributed by atoms with Gasteiger partial charge >= 0.3 is 0 Å². The molecule has 96 valence electrons. The Kier molecular flexibility index (Phi) is 3.24. The van der Waals surface area contributed by atoms with Gasteiger partial charge in [0, 0.05) is 12.2 Å². The van der Waals surface area contributed by atoms with Gasteiger partial charge in [-0.05, 0) is 31.2 Å². The number of H-pyrrole nitrogens is 1. The molecule has 0 spiro atoms. The molecule has 1 aromatic heterocycles. The third-order valence-electron chi connectivity index (χ3n) is 2.49. The number of rotatable bonds is 4. The molecule has 0 aliphatic rings. The number of anilines is 2. The van der Waals surface area contributed by atoms with Crippen molar-refractivity contribution in [3.8, 4) is 0 Å². The lowest BCUT2D eigenvalue weighted by atomic mass is 10.3. The zero-order valence-corrected chi connectivity index (χ0v) is 10.7. The van der Waals surface area contributed by atoms with Crippen LogP contribution in [0.1, 0.15) is 6.92 Å². The van der Waals surface area contributed by atoms with E-state index in [9.17, 15) is 8.42 Å². The summed E-state index contributed by atoms with van der Waals surface area (Å²) in [5.74, 6) is 0. The molecule has 6 nitrogen and oxygen atoms in total. The molecule has 0 fully saturated rings. The highest BCUT2D eigenvalue weighted by atomic mass is 32.2. The normalized spacial score (nSPS) is 11.4. The summed E-state index contributed by atoms with van der Waals surface area (Å²) in [7, 11) is -3.62. The first-order chi connectivity index (χ1) is 8.55. The second kappa shape index (κ2) is 4.69. The molecule has 3 N–H and O–H groups in total. The van der Waals surface area contributed by atoms with Crippen LogP contribution in [0.2, 0.25) is 0 Å². The lowest BCUT2D eigenvalue weighted by Gasteiger charge is -2.22. The molecule has 0 radical (unpaired) electrons. The van der Waals surface area contributed by atoms with Gasteiger partial charge in [0.25, 0.3) is 10.0 Å². The van der Waals surface area contributed by atoms with Crippen molar-refractivity contribution in [3.63, 3.8) is 0 Å². The highest BCUT2D eigenvalue weighted by Crippen LogP contribution is 2.23. The molecule has 0 amide bonds. The molecular formula is C11H14N4O2S. The number of benzene rings is 1. The molecule has 0 saturated carbocycles. The third-order valence-corrected chi connectivity index (χ3v) is 4.32. The molecule has 2 rings (SSSR count). The molecule has 7 heteroatoms. The number of hydrogen-bond donors (Lipinski definition) is 2. The van der Waals surface area contributed by atoms with Crippen molar-refractivity contribution in [1.29, 1.82) is 0 Å². The summed E-state index contributed by atoms with van der Waals surface area (Å²) in [6, 6.07) is 8.17. The fourth-order valence-electron chi connectivity index (χ4n) is 1.68. The summed E-state index contributed by atoms with van der Waals surface area (Å²) in [6.07, 6.45) is 1.40. The molecule has 2 aromatic rings.